The van der Waals surface area contributed by atoms with Crippen LogP contribution in [0.4, 0.5) is 0 Å². The van der Waals surface area contributed by atoms with Crippen molar-refractivity contribution in [2.45, 2.75) is 44.6 Å². The van der Waals surface area contributed by atoms with Gasteiger partial charge in [-0.25, -0.2) is 9.97 Å². The monoisotopic (exact) mass is 357 g/mol. The lowest BCUT2D eigenvalue weighted by molar-refractivity contribution is -0.140. The number of aromatic nitrogens is 4. The first kappa shape index (κ1) is 17.1. The van der Waals surface area contributed by atoms with E-state index in [0.29, 0.717) is 37.8 Å². The van der Waals surface area contributed by atoms with E-state index in [4.69, 9.17) is 9.15 Å². The lowest BCUT2D eigenvalue weighted by Gasteiger charge is -2.44. The summed E-state index contributed by atoms with van der Waals surface area (Å²) >= 11 is 0. The number of amides is 1. The van der Waals surface area contributed by atoms with E-state index in [9.17, 15) is 4.79 Å². The fraction of sp³-hybridized carbons (Fsp3) is 0.611. The number of ether oxygens (including phenoxy) is 1. The molecule has 3 atom stereocenters. The zero-order chi connectivity index (χ0) is 17.9. The summed E-state index contributed by atoms with van der Waals surface area (Å²) in [5.74, 6) is 1.79. The van der Waals surface area contributed by atoms with E-state index < -0.39 is 0 Å². The largest absolute Gasteiger partial charge is 0.425 e. The zero-order valence-electron chi connectivity index (χ0n) is 14.9. The highest BCUT2D eigenvalue weighted by molar-refractivity contribution is 5.76. The number of piperidine rings is 1. The van der Waals surface area contributed by atoms with Gasteiger partial charge in [-0.2, -0.15) is 0 Å². The van der Waals surface area contributed by atoms with Crippen LogP contribution in [0.15, 0.2) is 23.1 Å². The molecule has 0 bridgehead atoms. The van der Waals surface area contributed by atoms with E-state index >= 15 is 0 Å². The highest BCUT2D eigenvalue weighted by Gasteiger charge is 2.42. The molecule has 8 nitrogen and oxygen atoms in total. The predicted molar refractivity (Wildman–Crippen MR) is 91.2 cm³/mol. The predicted octanol–water partition coefficient (Wildman–Crippen LogP) is 1.52. The third-order valence-corrected chi connectivity index (χ3v) is 5.32. The van der Waals surface area contributed by atoms with Crippen molar-refractivity contribution in [3.63, 3.8) is 0 Å². The molecule has 0 saturated carbocycles. The van der Waals surface area contributed by atoms with E-state index in [0.717, 1.165) is 24.9 Å². The summed E-state index contributed by atoms with van der Waals surface area (Å²) in [6, 6.07) is 0. The molecule has 2 fully saturated rings. The molecule has 0 aliphatic carbocycles. The zero-order valence-corrected chi connectivity index (χ0v) is 14.9. The fourth-order valence-corrected chi connectivity index (χ4v) is 3.98. The van der Waals surface area contributed by atoms with Crippen LogP contribution >= 0.6 is 0 Å². The summed E-state index contributed by atoms with van der Waals surface area (Å²) < 4.78 is 11.6. The number of hydrogen-bond donors (Lipinski definition) is 0. The molecule has 4 heterocycles. The van der Waals surface area contributed by atoms with Gasteiger partial charge in [0.25, 0.3) is 0 Å². The van der Waals surface area contributed by atoms with Crippen LogP contribution in [-0.4, -0.2) is 56.8 Å². The minimum absolute atomic E-state index is 0.160. The third-order valence-electron chi connectivity index (χ3n) is 5.32. The SMILES string of the molecule is Cc1nnc([C@@H]2CCO[C@@H]3CCN(C(=O)CCc4cncnc4)C[C@@H]32)o1. The average Bonchev–Trinajstić information content (AvgIpc) is 3.12. The van der Waals surface area contributed by atoms with Crippen molar-refractivity contribution in [3.05, 3.63) is 36.1 Å². The number of carbonyl (C=O) groups is 1. The Labute approximate surface area is 152 Å². The number of nitrogens with zero attached hydrogens (tertiary/aromatic N) is 5. The van der Waals surface area contributed by atoms with Gasteiger partial charge in [-0.05, 0) is 24.8 Å². The van der Waals surface area contributed by atoms with Crippen LogP contribution in [0.2, 0.25) is 0 Å². The van der Waals surface area contributed by atoms with Crippen molar-refractivity contribution in [2.24, 2.45) is 5.92 Å². The Morgan fingerprint density at radius 3 is 2.88 bits per heavy atom. The van der Waals surface area contributed by atoms with Crippen LogP contribution in [0.1, 0.15) is 42.5 Å². The molecule has 26 heavy (non-hydrogen) atoms. The van der Waals surface area contributed by atoms with Crippen LogP contribution in [0.25, 0.3) is 0 Å². The maximum atomic E-state index is 12.7. The van der Waals surface area contributed by atoms with E-state index in [-0.39, 0.29) is 23.8 Å². The molecule has 4 rings (SSSR count). The standard InChI is InChI=1S/C18H23N5O3/c1-12-21-22-18(26-12)14-5-7-25-16-4-6-23(10-15(14)16)17(24)3-2-13-8-19-11-20-9-13/h8-9,11,14-16H,2-7,10H2,1H3/t14-,15-,16-/m1/s1. The molecule has 0 spiro atoms. The Hall–Kier alpha value is -2.35. The molecule has 2 saturated heterocycles. The average molecular weight is 357 g/mol. The van der Waals surface area contributed by atoms with Crippen molar-refractivity contribution in [3.8, 4) is 0 Å². The van der Waals surface area contributed by atoms with Gasteiger partial charge in [0.1, 0.15) is 6.33 Å². The molecule has 0 unspecified atom stereocenters. The highest BCUT2D eigenvalue weighted by atomic mass is 16.5. The molecule has 0 radical (unpaired) electrons. The minimum Gasteiger partial charge on any atom is -0.425 e. The van der Waals surface area contributed by atoms with Crippen molar-refractivity contribution < 1.29 is 13.9 Å². The summed E-state index contributed by atoms with van der Waals surface area (Å²) in [5, 5.41) is 8.18. The molecule has 8 heteroatoms. The molecule has 2 aromatic rings. The van der Waals surface area contributed by atoms with Gasteiger partial charge in [0, 0.05) is 57.3 Å². The van der Waals surface area contributed by atoms with Crippen molar-refractivity contribution >= 4 is 5.91 Å². The van der Waals surface area contributed by atoms with E-state index in [1.54, 1.807) is 19.3 Å². The first-order valence-corrected chi connectivity index (χ1v) is 9.14. The summed E-state index contributed by atoms with van der Waals surface area (Å²) in [5.41, 5.74) is 0.982. The lowest BCUT2D eigenvalue weighted by Crippen LogP contribution is -2.51. The summed E-state index contributed by atoms with van der Waals surface area (Å²) in [6.07, 6.45) is 8.01. The highest BCUT2D eigenvalue weighted by Crippen LogP contribution is 2.39. The topological polar surface area (TPSA) is 94.2 Å². The molecular formula is C18H23N5O3. The smallest absolute Gasteiger partial charge is 0.222 e. The first-order valence-electron chi connectivity index (χ1n) is 9.14. The number of carbonyl (C=O) groups excluding carboxylic acids is 1. The second-order valence-corrected chi connectivity index (χ2v) is 7.00. The van der Waals surface area contributed by atoms with Gasteiger partial charge in [0.15, 0.2) is 0 Å². The lowest BCUT2D eigenvalue weighted by atomic mass is 9.79. The normalized spacial score (nSPS) is 25.7. The van der Waals surface area contributed by atoms with E-state index in [1.807, 2.05) is 4.90 Å². The maximum Gasteiger partial charge on any atom is 0.222 e. The second-order valence-electron chi connectivity index (χ2n) is 7.00. The first-order chi connectivity index (χ1) is 12.7. The van der Waals surface area contributed by atoms with Gasteiger partial charge in [-0.3, -0.25) is 4.79 Å². The van der Waals surface area contributed by atoms with E-state index in [1.165, 1.54) is 6.33 Å². The van der Waals surface area contributed by atoms with Crippen LogP contribution in [-0.2, 0) is 16.0 Å². The molecule has 2 aliphatic heterocycles. The second kappa shape index (κ2) is 7.49. The van der Waals surface area contributed by atoms with E-state index in [2.05, 4.69) is 20.2 Å². The van der Waals surface area contributed by atoms with Crippen molar-refractivity contribution in [2.75, 3.05) is 19.7 Å². The number of likely N-dealkylation sites (tertiary alicyclic amines) is 1. The molecule has 138 valence electrons. The maximum absolute atomic E-state index is 12.7. The van der Waals surface area contributed by atoms with Gasteiger partial charge in [0.2, 0.25) is 17.7 Å². The van der Waals surface area contributed by atoms with Gasteiger partial charge in [-0.15, -0.1) is 10.2 Å². The van der Waals surface area contributed by atoms with Crippen LogP contribution < -0.4 is 0 Å². The summed E-state index contributed by atoms with van der Waals surface area (Å²) in [6.45, 7) is 3.92. The number of aryl methyl sites for hydroxylation is 2. The fourth-order valence-electron chi connectivity index (χ4n) is 3.98. The van der Waals surface area contributed by atoms with Crippen LogP contribution in [0.3, 0.4) is 0 Å². The van der Waals surface area contributed by atoms with Crippen LogP contribution in [0, 0.1) is 12.8 Å². The molecule has 2 aliphatic rings. The van der Waals surface area contributed by atoms with Gasteiger partial charge in [0.05, 0.1) is 6.10 Å². The molecule has 0 aromatic carbocycles. The van der Waals surface area contributed by atoms with Crippen molar-refractivity contribution in [1.29, 1.82) is 0 Å². The molecule has 1 amide bonds. The quantitative estimate of drug-likeness (QED) is 0.819. The molecule has 0 N–H and O–H groups in total. The summed E-state index contributed by atoms with van der Waals surface area (Å²) in [7, 11) is 0. The Balaban J connectivity index is 1.41. The molecule has 2 aromatic heterocycles. The Kier molecular flexibility index (Phi) is 4.92. The number of hydrogen-bond acceptors (Lipinski definition) is 7. The summed E-state index contributed by atoms with van der Waals surface area (Å²) in [4.78, 5) is 22.6. The Morgan fingerprint density at radius 1 is 1.27 bits per heavy atom. The molecular weight excluding hydrogens is 334 g/mol. The van der Waals surface area contributed by atoms with Crippen molar-refractivity contribution in [1.82, 2.24) is 25.1 Å². The Morgan fingerprint density at radius 2 is 2.12 bits per heavy atom. The van der Waals surface area contributed by atoms with Gasteiger partial charge >= 0.3 is 0 Å². The van der Waals surface area contributed by atoms with Gasteiger partial charge in [-0.1, -0.05) is 0 Å². The third kappa shape index (κ3) is 3.60. The van der Waals surface area contributed by atoms with Gasteiger partial charge < -0.3 is 14.1 Å². The number of fused-ring (bicyclic) bond motifs is 1. The number of rotatable bonds is 4. The Bertz CT molecular complexity index is 750. The van der Waals surface area contributed by atoms with Crippen LogP contribution in [0.5, 0.6) is 0 Å². The minimum atomic E-state index is 0.160.